The van der Waals surface area contributed by atoms with Crippen LogP contribution in [0.5, 0.6) is 5.75 Å². The number of pyridine rings is 2. The predicted molar refractivity (Wildman–Crippen MR) is 109 cm³/mol. The van der Waals surface area contributed by atoms with E-state index in [4.69, 9.17) is 4.74 Å². The molecular formula is C21H28F2N4O2. The molecule has 29 heavy (non-hydrogen) atoms. The molecule has 2 heterocycles. The van der Waals surface area contributed by atoms with Crippen LogP contribution >= 0.6 is 0 Å². The van der Waals surface area contributed by atoms with Gasteiger partial charge in [0.2, 0.25) is 0 Å². The summed E-state index contributed by atoms with van der Waals surface area (Å²) >= 11 is 0. The number of carbonyl (C=O) groups excluding carboxylic acids is 1. The maximum absolute atomic E-state index is 12.9. The summed E-state index contributed by atoms with van der Waals surface area (Å²) in [6.07, 6.45) is 2.99. The first-order chi connectivity index (χ1) is 13.5. The highest BCUT2D eigenvalue weighted by Gasteiger charge is 2.23. The van der Waals surface area contributed by atoms with E-state index in [1.807, 2.05) is 19.1 Å². The summed E-state index contributed by atoms with van der Waals surface area (Å²) in [4.78, 5) is 20.9. The van der Waals surface area contributed by atoms with E-state index >= 15 is 0 Å². The van der Waals surface area contributed by atoms with Crippen molar-refractivity contribution in [2.75, 3.05) is 18.5 Å². The molecule has 0 spiro atoms. The molecule has 0 aromatic carbocycles. The van der Waals surface area contributed by atoms with E-state index in [1.165, 1.54) is 12.3 Å². The number of rotatable bonds is 9. The number of nitrogens with one attached hydrogen (secondary N) is 2. The van der Waals surface area contributed by atoms with Crippen LogP contribution in [0.25, 0.3) is 0 Å². The van der Waals surface area contributed by atoms with Crippen LogP contribution in [-0.2, 0) is 0 Å². The van der Waals surface area contributed by atoms with Gasteiger partial charge in [0.15, 0.2) is 6.61 Å². The number of carbonyl (C=O) groups is 1. The summed E-state index contributed by atoms with van der Waals surface area (Å²) in [5.41, 5.74) is 1.66. The van der Waals surface area contributed by atoms with Crippen molar-refractivity contribution in [2.24, 2.45) is 5.92 Å². The summed E-state index contributed by atoms with van der Waals surface area (Å²) in [6.45, 7) is 8.61. The molecule has 0 radical (unpaired) electrons. The number of aromatic nitrogens is 2. The van der Waals surface area contributed by atoms with Gasteiger partial charge in [0.1, 0.15) is 17.3 Å². The molecule has 1 atom stereocenters. The zero-order chi connectivity index (χ0) is 21.6. The monoisotopic (exact) mass is 406 g/mol. The first-order valence-corrected chi connectivity index (χ1v) is 9.53. The zero-order valence-corrected chi connectivity index (χ0v) is 17.4. The van der Waals surface area contributed by atoms with Crippen LogP contribution < -0.4 is 15.4 Å². The highest BCUT2D eigenvalue weighted by molar-refractivity contribution is 5.92. The highest BCUT2D eigenvalue weighted by Crippen LogP contribution is 2.21. The zero-order valence-electron chi connectivity index (χ0n) is 17.4. The van der Waals surface area contributed by atoms with Gasteiger partial charge in [-0.3, -0.25) is 4.79 Å². The third-order valence-electron chi connectivity index (χ3n) is 4.10. The van der Waals surface area contributed by atoms with Crippen LogP contribution in [0.3, 0.4) is 0 Å². The third-order valence-corrected chi connectivity index (χ3v) is 4.10. The smallest absolute Gasteiger partial charge is 0.278 e. The van der Waals surface area contributed by atoms with Crippen LogP contribution in [-0.4, -0.2) is 34.9 Å². The van der Waals surface area contributed by atoms with Gasteiger partial charge in [-0.25, -0.2) is 18.7 Å². The number of amides is 1. The van der Waals surface area contributed by atoms with E-state index in [2.05, 4.69) is 34.4 Å². The van der Waals surface area contributed by atoms with E-state index in [1.54, 1.807) is 13.1 Å². The van der Waals surface area contributed by atoms with Gasteiger partial charge >= 0.3 is 0 Å². The van der Waals surface area contributed by atoms with Crippen LogP contribution in [0.2, 0.25) is 0 Å². The van der Waals surface area contributed by atoms with E-state index in [-0.39, 0.29) is 23.4 Å². The van der Waals surface area contributed by atoms with Gasteiger partial charge in [-0.2, -0.15) is 0 Å². The Kier molecular flexibility index (Phi) is 7.47. The molecule has 158 valence electrons. The maximum atomic E-state index is 12.9. The number of anilines is 1. The van der Waals surface area contributed by atoms with Crippen molar-refractivity contribution in [3.05, 3.63) is 47.4 Å². The van der Waals surface area contributed by atoms with Crippen molar-refractivity contribution < 1.29 is 18.3 Å². The number of hydrogen-bond donors (Lipinski definition) is 2. The fraction of sp³-hybridized carbons (Fsp3) is 0.476. The minimum atomic E-state index is -2.94. The molecule has 2 aromatic heterocycles. The van der Waals surface area contributed by atoms with Crippen LogP contribution in [0.1, 0.15) is 55.4 Å². The van der Waals surface area contributed by atoms with E-state index in [0.717, 1.165) is 24.8 Å². The molecule has 0 aliphatic carbocycles. The Morgan fingerprint density at radius 2 is 1.97 bits per heavy atom. The van der Waals surface area contributed by atoms with E-state index in [9.17, 15) is 13.6 Å². The number of hydrogen-bond acceptors (Lipinski definition) is 5. The average Bonchev–Trinajstić information content (AvgIpc) is 2.64. The highest BCUT2D eigenvalue weighted by atomic mass is 19.3. The standard InChI is InChI=1S/C21H28F2N4O2/c1-13(2)10-26-19-9-16(6-7-24-19)15(4)27-20(28)17-8-14(3)18(11-25-17)29-12-21(5,22)23/h6-9,11,13,15H,10,12H2,1-5H3,(H,24,26)(H,27,28). The molecule has 1 amide bonds. The Hall–Kier alpha value is -2.77. The summed E-state index contributed by atoms with van der Waals surface area (Å²) in [5, 5.41) is 6.15. The topological polar surface area (TPSA) is 76.1 Å². The third kappa shape index (κ3) is 7.29. The second-order valence-corrected chi connectivity index (χ2v) is 7.64. The van der Waals surface area contributed by atoms with Crippen LogP contribution in [0.15, 0.2) is 30.6 Å². The summed E-state index contributed by atoms with van der Waals surface area (Å²) in [7, 11) is 0. The minimum Gasteiger partial charge on any atom is -0.485 e. The van der Waals surface area contributed by atoms with E-state index < -0.39 is 12.5 Å². The molecule has 0 aliphatic heterocycles. The Balaban J connectivity index is 2.02. The van der Waals surface area contributed by atoms with Crippen molar-refractivity contribution in [3.63, 3.8) is 0 Å². The Labute approximate surface area is 170 Å². The number of nitrogens with zero attached hydrogens (tertiary/aromatic N) is 2. The van der Waals surface area contributed by atoms with Gasteiger partial charge < -0.3 is 15.4 Å². The molecule has 0 fully saturated rings. The van der Waals surface area contributed by atoms with Crippen molar-refractivity contribution in [1.82, 2.24) is 15.3 Å². The Bertz CT molecular complexity index is 838. The van der Waals surface area contributed by atoms with Crippen LogP contribution in [0.4, 0.5) is 14.6 Å². The average molecular weight is 406 g/mol. The lowest BCUT2D eigenvalue weighted by Crippen LogP contribution is -2.27. The van der Waals surface area contributed by atoms with Crippen molar-refractivity contribution in [1.29, 1.82) is 0 Å². The van der Waals surface area contributed by atoms with Gasteiger partial charge in [0.25, 0.3) is 11.8 Å². The lowest BCUT2D eigenvalue weighted by atomic mass is 10.1. The molecule has 2 rings (SSSR count). The number of halogens is 2. The van der Waals surface area contributed by atoms with Gasteiger partial charge in [0.05, 0.1) is 12.2 Å². The summed E-state index contributed by atoms with van der Waals surface area (Å²) in [6, 6.07) is 5.00. The molecule has 1 unspecified atom stereocenters. The lowest BCUT2D eigenvalue weighted by Gasteiger charge is -2.17. The minimum absolute atomic E-state index is 0.192. The Morgan fingerprint density at radius 3 is 2.59 bits per heavy atom. The molecule has 2 N–H and O–H groups in total. The van der Waals surface area contributed by atoms with Gasteiger partial charge in [-0.05, 0) is 49.1 Å². The largest absolute Gasteiger partial charge is 0.485 e. The predicted octanol–water partition coefficient (Wildman–Crippen LogP) is 4.38. The Morgan fingerprint density at radius 1 is 1.24 bits per heavy atom. The maximum Gasteiger partial charge on any atom is 0.278 e. The molecule has 0 bridgehead atoms. The second kappa shape index (κ2) is 9.62. The fourth-order valence-corrected chi connectivity index (χ4v) is 2.50. The molecule has 0 saturated carbocycles. The van der Waals surface area contributed by atoms with Gasteiger partial charge in [-0.15, -0.1) is 0 Å². The van der Waals surface area contributed by atoms with E-state index in [0.29, 0.717) is 11.5 Å². The van der Waals surface area contributed by atoms with Crippen molar-refractivity contribution in [3.8, 4) is 5.75 Å². The number of alkyl halides is 2. The SMILES string of the molecule is Cc1cc(C(=O)NC(C)c2ccnc(NCC(C)C)c2)ncc1OCC(C)(F)F. The van der Waals surface area contributed by atoms with Crippen LogP contribution in [0, 0.1) is 12.8 Å². The van der Waals surface area contributed by atoms with Gasteiger partial charge in [0, 0.05) is 19.7 Å². The number of ether oxygens (including phenoxy) is 1. The fourth-order valence-electron chi connectivity index (χ4n) is 2.50. The number of aryl methyl sites for hydroxylation is 1. The normalized spacial score (nSPS) is 12.6. The first-order valence-electron chi connectivity index (χ1n) is 9.53. The molecule has 6 nitrogen and oxygen atoms in total. The van der Waals surface area contributed by atoms with Gasteiger partial charge in [-0.1, -0.05) is 13.8 Å². The van der Waals surface area contributed by atoms with Crippen molar-refractivity contribution in [2.45, 2.75) is 46.6 Å². The second-order valence-electron chi connectivity index (χ2n) is 7.64. The molecule has 2 aromatic rings. The quantitative estimate of drug-likeness (QED) is 0.646. The van der Waals surface area contributed by atoms with Crippen molar-refractivity contribution >= 4 is 11.7 Å². The first kappa shape index (κ1) is 22.5. The molecule has 0 aliphatic rings. The molecule has 8 heteroatoms. The summed E-state index contributed by atoms with van der Waals surface area (Å²) in [5.74, 6) is -1.83. The molecular weight excluding hydrogens is 378 g/mol. The summed E-state index contributed by atoms with van der Waals surface area (Å²) < 4.78 is 31.0. The lowest BCUT2D eigenvalue weighted by molar-refractivity contribution is -0.0232. The molecule has 0 saturated heterocycles.